The van der Waals surface area contributed by atoms with Crippen LogP contribution in [0.4, 0.5) is 0 Å². The SMILES string of the molecule is COc1ccc(Cl)cc1-c1nnc(S/C(=C\c2ccccc2OCc2ccccc2Cl)C(=O)O)o1. The van der Waals surface area contributed by atoms with Crippen LogP contribution in [0, 0.1) is 0 Å². The number of thioether (sulfide) groups is 1. The zero-order chi connectivity index (χ0) is 24.8. The molecule has 35 heavy (non-hydrogen) atoms. The summed E-state index contributed by atoms with van der Waals surface area (Å²) < 4.78 is 16.9. The number of benzene rings is 3. The Morgan fingerprint density at radius 1 is 1.06 bits per heavy atom. The first-order valence-electron chi connectivity index (χ1n) is 10.2. The molecular formula is C25H18Cl2N2O5S. The highest BCUT2D eigenvalue weighted by atomic mass is 35.5. The number of para-hydroxylation sites is 1. The second kappa shape index (κ2) is 11.3. The van der Waals surface area contributed by atoms with Gasteiger partial charge >= 0.3 is 5.97 Å². The minimum atomic E-state index is -1.16. The monoisotopic (exact) mass is 528 g/mol. The molecule has 0 aliphatic rings. The lowest BCUT2D eigenvalue weighted by molar-refractivity contribution is -0.131. The van der Waals surface area contributed by atoms with Gasteiger partial charge < -0.3 is 19.0 Å². The van der Waals surface area contributed by atoms with Gasteiger partial charge in [0.1, 0.15) is 23.0 Å². The van der Waals surface area contributed by atoms with Crippen molar-refractivity contribution in [2.45, 2.75) is 11.8 Å². The van der Waals surface area contributed by atoms with Crippen LogP contribution in [0.25, 0.3) is 17.5 Å². The van der Waals surface area contributed by atoms with Crippen molar-refractivity contribution < 1.29 is 23.8 Å². The summed E-state index contributed by atoms with van der Waals surface area (Å²) >= 11 is 13.1. The zero-order valence-corrected chi connectivity index (χ0v) is 20.6. The van der Waals surface area contributed by atoms with E-state index in [9.17, 15) is 9.90 Å². The molecule has 1 aromatic heterocycles. The maximum Gasteiger partial charge on any atom is 0.342 e. The molecule has 0 unspecified atom stereocenters. The molecule has 0 radical (unpaired) electrons. The number of nitrogens with zero attached hydrogens (tertiary/aromatic N) is 2. The number of aromatic nitrogens is 2. The minimum absolute atomic E-state index is 0.0351. The number of carbonyl (C=O) groups is 1. The fourth-order valence-electron chi connectivity index (χ4n) is 3.08. The molecule has 0 amide bonds. The topological polar surface area (TPSA) is 94.7 Å². The second-order valence-electron chi connectivity index (χ2n) is 7.05. The summed E-state index contributed by atoms with van der Waals surface area (Å²) in [6.07, 6.45) is 1.48. The number of carboxylic acids is 1. The summed E-state index contributed by atoms with van der Waals surface area (Å²) in [6, 6.07) is 19.4. The van der Waals surface area contributed by atoms with Crippen molar-refractivity contribution in [3.63, 3.8) is 0 Å². The number of halogens is 2. The van der Waals surface area contributed by atoms with Crippen molar-refractivity contribution >= 4 is 47.0 Å². The molecule has 0 fully saturated rings. The highest BCUT2D eigenvalue weighted by Gasteiger charge is 2.19. The molecule has 1 heterocycles. The number of rotatable bonds is 9. The molecule has 1 N–H and O–H groups in total. The molecule has 0 atom stereocenters. The van der Waals surface area contributed by atoms with E-state index in [0.717, 1.165) is 17.3 Å². The minimum Gasteiger partial charge on any atom is -0.496 e. The third-order valence-electron chi connectivity index (χ3n) is 4.75. The molecule has 4 rings (SSSR count). The molecule has 0 spiro atoms. The van der Waals surface area contributed by atoms with Gasteiger partial charge in [0.15, 0.2) is 0 Å². The number of hydrogen-bond donors (Lipinski definition) is 1. The summed E-state index contributed by atoms with van der Waals surface area (Å²) in [5.41, 5.74) is 1.88. The van der Waals surface area contributed by atoms with Gasteiger partial charge in [-0.25, -0.2) is 4.79 Å². The van der Waals surface area contributed by atoms with Gasteiger partial charge in [0, 0.05) is 21.2 Å². The molecule has 10 heteroatoms. The molecule has 0 saturated heterocycles. The Morgan fingerprint density at radius 3 is 2.60 bits per heavy atom. The molecule has 0 bridgehead atoms. The molecule has 7 nitrogen and oxygen atoms in total. The third kappa shape index (κ3) is 6.16. The van der Waals surface area contributed by atoms with Crippen LogP contribution in [0.5, 0.6) is 11.5 Å². The maximum absolute atomic E-state index is 12.0. The molecular weight excluding hydrogens is 511 g/mol. The predicted octanol–water partition coefficient (Wildman–Crippen LogP) is 6.85. The van der Waals surface area contributed by atoms with Crippen LogP contribution in [0.1, 0.15) is 11.1 Å². The van der Waals surface area contributed by atoms with Gasteiger partial charge in [0.2, 0.25) is 0 Å². The van der Waals surface area contributed by atoms with Crippen molar-refractivity contribution in [2.24, 2.45) is 0 Å². The summed E-state index contributed by atoms with van der Waals surface area (Å²) in [5, 5.41) is 18.9. The van der Waals surface area contributed by atoms with Crippen molar-refractivity contribution in [2.75, 3.05) is 7.11 Å². The quantitative estimate of drug-likeness (QED) is 0.186. The first-order chi connectivity index (χ1) is 16.9. The summed E-state index contributed by atoms with van der Waals surface area (Å²) in [4.78, 5) is 12.0. The standard InChI is InChI=1S/C25H18Cl2N2O5S/c1-32-21-11-10-17(26)13-18(21)23-28-29-25(34-23)35-22(24(30)31)12-15-6-3-5-9-20(15)33-14-16-7-2-4-8-19(16)27/h2-13H,14H2,1H3,(H,30,31)/b22-12-. The van der Waals surface area contributed by atoms with Crippen molar-refractivity contribution in [3.8, 4) is 23.0 Å². The number of aliphatic carboxylic acids is 1. The Kier molecular flexibility index (Phi) is 7.97. The first kappa shape index (κ1) is 24.7. The lowest BCUT2D eigenvalue weighted by atomic mass is 10.2. The van der Waals surface area contributed by atoms with E-state index in [1.807, 2.05) is 18.2 Å². The summed E-state index contributed by atoms with van der Waals surface area (Å²) in [5.74, 6) is -0.00842. The van der Waals surface area contributed by atoms with Crippen LogP contribution in [-0.2, 0) is 11.4 Å². The number of hydrogen-bond acceptors (Lipinski definition) is 7. The van der Waals surface area contributed by atoms with Gasteiger partial charge in [-0.1, -0.05) is 59.6 Å². The largest absolute Gasteiger partial charge is 0.496 e. The van der Waals surface area contributed by atoms with E-state index >= 15 is 0 Å². The Balaban J connectivity index is 1.57. The molecule has 178 valence electrons. The second-order valence-corrected chi connectivity index (χ2v) is 8.89. The van der Waals surface area contributed by atoms with Gasteiger partial charge in [-0.2, -0.15) is 0 Å². The normalized spacial score (nSPS) is 11.3. The highest BCUT2D eigenvalue weighted by Crippen LogP contribution is 2.35. The molecule has 0 saturated carbocycles. The van der Waals surface area contributed by atoms with Crippen LogP contribution in [0.2, 0.25) is 10.0 Å². The zero-order valence-electron chi connectivity index (χ0n) is 18.3. The van der Waals surface area contributed by atoms with E-state index in [1.54, 1.807) is 48.5 Å². The van der Waals surface area contributed by atoms with Crippen LogP contribution in [0.15, 0.2) is 81.3 Å². The number of carboxylic acid groups (broad SMARTS) is 1. The fraction of sp³-hybridized carbons (Fsp3) is 0.0800. The van der Waals surface area contributed by atoms with Gasteiger partial charge in [-0.15, -0.1) is 10.2 Å². The lowest BCUT2D eigenvalue weighted by Gasteiger charge is -2.11. The Bertz CT molecular complexity index is 1390. The fourth-order valence-corrected chi connectivity index (χ4v) is 4.11. The number of methoxy groups -OCH3 is 1. The van der Waals surface area contributed by atoms with Gasteiger partial charge in [-0.3, -0.25) is 0 Å². The van der Waals surface area contributed by atoms with Crippen LogP contribution in [0.3, 0.4) is 0 Å². The average molecular weight is 529 g/mol. The van der Waals surface area contributed by atoms with E-state index in [-0.39, 0.29) is 22.6 Å². The molecule has 0 aliphatic heterocycles. The Hall–Kier alpha value is -3.46. The predicted molar refractivity (Wildman–Crippen MR) is 135 cm³/mol. The van der Waals surface area contributed by atoms with Crippen molar-refractivity contribution in [1.82, 2.24) is 10.2 Å². The van der Waals surface area contributed by atoms with Crippen molar-refractivity contribution in [1.29, 1.82) is 0 Å². The number of ether oxygens (including phenoxy) is 2. The van der Waals surface area contributed by atoms with Gasteiger partial charge in [0.25, 0.3) is 11.1 Å². The third-order valence-corrected chi connectivity index (χ3v) is 6.21. The van der Waals surface area contributed by atoms with E-state index in [2.05, 4.69) is 10.2 Å². The molecule has 4 aromatic rings. The first-order valence-corrected chi connectivity index (χ1v) is 11.8. The van der Waals surface area contributed by atoms with E-state index in [0.29, 0.717) is 32.7 Å². The van der Waals surface area contributed by atoms with Crippen LogP contribution >= 0.6 is 35.0 Å². The molecule has 0 aliphatic carbocycles. The van der Waals surface area contributed by atoms with Crippen LogP contribution in [-0.4, -0.2) is 28.4 Å². The Morgan fingerprint density at radius 2 is 1.83 bits per heavy atom. The van der Waals surface area contributed by atoms with Crippen molar-refractivity contribution in [3.05, 3.63) is 92.8 Å². The average Bonchev–Trinajstić information content (AvgIpc) is 3.32. The summed E-state index contributed by atoms with van der Waals surface area (Å²) in [7, 11) is 1.51. The van der Waals surface area contributed by atoms with E-state index in [4.69, 9.17) is 37.1 Å². The molecule has 3 aromatic carbocycles. The van der Waals surface area contributed by atoms with Gasteiger partial charge in [0.05, 0.1) is 12.7 Å². The maximum atomic E-state index is 12.0. The van der Waals surface area contributed by atoms with Gasteiger partial charge in [-0.05, 0) is 48.2 Å². The van der Waals surface area contributed by atoms with E-state index in [1.165, 1.54) is 13.2 Å². The van der Waals surface area contributed by atoms with E-state index < -0.39 is 5.97 Å². The lowest BCUT2D eigenvalue weighted by Crippen LogP contribution is -2.00. The van der Waals surface area contributed by atoms with Crippen LogP contribution < -0.4 is 9.47 Å². The smallest absolute Gasteiger partial charge is 0.342 e. The summed E-state index contributed by atoms with van der Waals surface area (Å²) in [6.45, 7) is 0.231. The Labute approximate surface area is 215 Å². The highest BCUT2D eigenvalue weighted by molar-refractivity contribution is 8.03.